The van der Waals surface area contributed by atoms with Crippen molar-refractivity contribution in [3.63, 3.8) is 0 Å². The summed E-state index contributed by atoms with van der Waals surface area (Å²) in [7, 11) is 3.05. The molecule has 2 aromatic rings. The average Bonchev–Trinajstić information content (AvgIpc) is 2.37. The number of anilines is 1. The fourth-order valence-electron chi connectivity index (χ4n) is 1.50. The molecule has 7 heteroatoms. The Labute approximate surface area is 109 Å². The van der Waals surface area contributed by atoms with Crippen molar-refractivity contribution in [1.29, 1.82) is 0 Å². The minimum absolute atomic E-state index is 0.144. The van der Waals surface area contributed by atoms with Gasteiger partial charge in [-0.25, -0.2) is 9.97 Å². The Bertz CT molecular complexity index is 577. The third-order valence-corrected chi connectivity index (χ3v) is 2.56. The lowest BCUT2D eigenvalue weighted by molar-refractivity contribution is 0.355. The van der Waals surface area contributed by atoms with Crippen LogP contribution in [0.15, 0.2) is 18.5 Å². The first-order valence-electron chi connectivity index (χ1n) is 5.02. The van der Waals surface area contributed by atoms with Gasteiger partial charge < -0.3 is 15.2 Å². The molecule has 18 heavy (non-hydrogen) atoms. The number of nitrogens with two attached hydrogens (primary N) is 1. The van der Waals surface area contributed by atoms with E-state index in [2.05, 4.69) is 15.0 Å². The molecule has 0 aliphatic carbocycles. The predicted octanol–water partition coefficient (Wildman–Crippen LogP) is 1.79. The van der Waals surface area contributed by atoms with Crippen molar-refractivity contribution in [1.82, 2.24) is 15.0 Å². The third-order valence-electron chi connectivity index (χ3n) is 2.28. The van der Waals surface area contributed by atoms with Crippen LogP contribution in [0.25, 0.3) is 11.4 Å². The van der Waals surface area contributed by atoms with E-state index in [9.17, 15) is 0 Å². The van der Waals surface area contributed by atoms with Gasteiger partial charge in [0.2, 0.25) is 5.95 Å². The molecule has 1 aromatic heterocycles. The van der Waals surface area contributed by atoms with E-state index in [0.717, 1.165) is 0 Å². The highest BCUT2D eigenvalue weighted by molar-refractivity contribution is 6.32. The maximum atomic E-state index is 6.10. The normalized spacial score (nSPS) is 10.2. The quantitative estimate of drug-likeness (QED) is 0.912. The maximum absolute atomic E-state index is 6.10. The van der Waals surface area contributed by atoms with Crippen LogP contribution in [0.1, 0.15) is 0 Å². The molecule has 2 N–H and O–H groups in total. The molecule has 0 saturated heterocycles. The molecular weight excluding hydrogens is 256 g/mol. The van der Waals surface area contributed by atoms with Crippen molar-refractivity contribution in [2.75, 3.05) is 20.0 Å². The zero-order valence-corrected chi connectivity index (χ0v) is 10.6. The van der Waals surface area contributed by atoms with Crippen molar-refractivity contribution in [2.45, 2.75) is 0 Å². The lowest BCUT2D eigenvalue weighted by atomic mass is 10.2. The molecule has 1 heterocycles. The Balaban J connectivity index is 2.56. The molecule has 0 aliphatic heterocycles. The summed E-state index contributed by atoms with van der Waals surface area (Å²) in [5.74, 6) is 1.53. The van der Waals surface area contributed by atoms with Crippen LogP contribution in [-0.2, 0) is 0 Å². The highest BCUT2D eigenvalue weighted by atomic mass is 35.5. The summed E-state index contributed by atoms with van der Waals surface area (Å²) >= 11 is 6.10. The van der Waals surface area contributed by atoms with E-state index < -0.39 is 0 Å². The van der Waals surface area contributed by atoms with Gasteiger partial charge in [0.1, 0.15) is 6.33 Å². The van der Waals surface area contributed by atoms with Gasteiger partial charge in [-0.05, 0) is 12.1 Å². The molecule has 0 saturated carbocycles. The standard InChI is InChI=1S/C11H11ClN4O2/c1-17-8-4-6(3-7(12)9(8)18-2)10-14-5-15-11(13)16-10/h3-5H,1-2H3,(H2,13,14,15,16). The van der Waals surface area contributed by atoms with Crippen molar-refractivity contribution in [3.8, 4) is 22.9 Å². The number of aromatic nitrogens is 3. The molecule has 0 spiro atoms. The molecule has 0 aliphatic rings. The van der Waals surface area contributed by atoms with Crippen LogP contribution in [-0.4, -0.2) is 29.2 Å². The largest absolute Gasteiger partial charge is 0.493 e. The van der Waals surface area contributed by atoms with E-state index >= 15 is 0 Å². The van der Waals surface area contributed by atoms with E-state index in [4.69, 9.17) is 26.8 Å². The summed E-state index contributed by atoms with van der Waals surface area (Å²) in [5.41, 5.74) is 6.18. The summed E-state index contributed by atoms with van der Waals surface area (Å²) in [4.78, 5) is 11.8. The van der Waals surface area contributed by atoms with Crippen molar-refractivity contribution < 1.29 is 9.47 Å². The monoisotopic (exact) mass is 266 g/mol. The summed E-state index contributed by atoms with van der Waals surface area (Å²) in [6.45, 7) is 0. The van der Waals surface area contributed by atoms with Gasteiger partial charge in [-0.1, -0.05) is 11.6 Å². The molecular formula is C11H11ClN4O2. The smallest absolute Gasteiger partial charge is 0.223 e. The minimum atomic E-state index is 0.144. The summed E-state index contributed by atoms with van der Waals surface area (Å²) < 4.78 is 10.3. The van der Waals surface area contributed by atoms with E-state index in [1.165, 1.54) is 20.5 Å². The fourth-order valence-corrected chi connectivity index (χ4v) is 1.78. The molecule has 94 valence electrons. The summed E-state index contributed by atoms with van der Waals surface area (Å²) in [5, 5.41) is 0.408. The first-order valence-corrected chi connectivity index (χ1v) is 5.40. The van der Waals surface area contributed by atoms with Crippen LogP contribution >= 0.6 is 11.6 Å². The number of methoxy groups -OCH3 is 2. The maximum Gasteiger partial charge on any atom is 0.223 e. The third kappa shape index (κ3) is 2.28. The Morgan fingerprint density at radius 2 is 1.94 bits per heavy atom. The second kappa shape index (κ2) is 5.05. The van der Waals surface area contributed by atoms with Gasteiger partial charge in [0.05, 0.1) is 19.2 Å². The van der Waals surface area contributed by atoms with Gasteiger partial charge in [0, 0.05) is 5.56 Å². The Morgan fingerprint density at radius 3 is 2.56 bits per heavy atom. The number of benzene rings is 1. The van der Waals surface area contributed by atoms with Gasteiger partial charge in [0.25, 0.3) is 0 Å². The molecule has 0 bridgehead atoms. The van der Waals surface area contributed by atoms with E-state index in [1.807, 2.05) is 0 Å². The zero-order chi connectivity index (χ0) is 13.1. The van der Waals surface area contributed by atoms with Gasteiger partial charge in [-0.15, -0.1) is 0 Å². The van der Waals surface area contributed by atoms with Crippen molar-refractivity contribution in [3.05, 3.63) is 23.5 Å². The molecule has 0 atom stereocenters. The van der Waals surface area contributed by atoms with Crippen LogP contribution in [0, 0.1) is 0 Å². The Kier molecular flexibility index (Phi) is 3.47. The molecule has 0 unspecified atom stereocenters. The van der Waals surface area contributed by atoms with Gasteiger partial charge >= 0.3 is 0 Å². The summed E-state index contributed by atoms with van der Waals surface area (Å²) in [6.07, 6.45) is 1.34. The van der Waals surface area contributed by atoms with Crippen LogP contribution < -0.4 is 15.2 Å². The SMILES string of the molecule is COc1cc(-c2ncnc(N)n2)cc(Cl)c1OC. The molecule has 2 rings (SSSR count). The lowest BCUT2D eigenvalue weighted by Crippen LogP contribution is -1.99. The average molecular weight is 267 g/mol. The van der Waals surface area contributed by atoms with E-state index in [1.54, 1.807) is 12.1 Å². The van der Waals surface area contributed by atoms with Crippen molar-refractivity contribution >= 4 is 17.5 Å². The first kappa shape index (κ1) is 12.4. The highest BCUT2D eigenvalue weighted by Crippen LogP contribution is 2.38. The number of rotatable bonds is 3. The van der Waals surface area contributed by atoms with Gasteiger partial charge in [-0.2, -0.15) is 4.98 Å². The zero-order valence-electron chi connectivity index (χ0n) is 9.85. The Morgan fingerprint density at radius 1 is 1.17 bits per heavy atom. The number of nitrogen functional groups attached to an aromatic ring is 1. The van der Waals surface area contributed by atoms with E-state index in [0.29, 0.717) is 27.9 Å². The van der Waals surface area contributed by atoms with E-state index in [-0.39, 0.29) is 5.95 Å². The molecule has 0 radical (unpaired) electrons. The number of halogens is 1. The minimum Gasteiger partial charge on any atom is -0.493 e. The molecule has 0 amide bonds. The molecule has 1 aromatic carbocycles. The number of hydrogen-bond donors (Lipinski definition) is 1. The van der Waals surface area contributed by atoms with Crippen LogP contribution in [0.2, 0.25) is 5.02 Å². The number of nitrogens with zero attached hydrogens (tertiary/aromatic N) is 3. The van der Waals surface area contributed by atoms with Crippen LogP contribution in [0.4, 0.5) is 5.95 Å². The first-order chi connectivity index (χ1) is 8.65. The summed E-state index contributed by atoms with van der Waals surface area (Å²) in [6, 6.07) is 3.40. The Hall–Kier alpha value is -2.08. The topological polar surface area (TPSA) is 83.2 Å². The number of ether oxygens (including phenoxy) is 2. The van der Waals surface area contributed by atoms with Gasteiger partial charge in [0.15, 0.2) is 17.3 Å². The second-order valence-electron chi connectivity index (χ2n) is 3.36. The van der Waals surface area contributed by atoms with Crippen LogP contribution in [0.3, 0.4) is 0 Å². The predicted molar refractivity (Wildman–Crippen MR) is 67.8 cm³/mol. The van der Waals surface area contributed by atoms with Crippen molar-refractivity contribution in [2.24, 2.45) is 0 Å². The molecule has 6 nitrogen and oxygen atoms in total. The number of hydrogen-bond acceptors (Lipinski definition) is 6. The second-order valence-corrected chi connectivity index (χ2v) is 3.77. The van der Waals surface area contributed by atoms with Crippen LogP contribution in [0.5, 0.6) is 11.5 Å². The lowest BCUT2D eigenvalue weighted by Gasteiger charge is -2.11. The molecule has 0 fully saturated rings. The highest BCUT2D eigenvalue weighted by Gasteiger charge is 2.13. The van der Waals surface area contributed by atoms with Gasteiger partial charge in [-0.3, -0.25) is 0 Å². The fraction of sp³-hybridized carbons (Fsp3) is 0.182.